The van der Waals surface area contributed by atoms with Crippen LogP contribution in [0.2, 0.25) is 0 Å². The normalized spacial score (nSPS) is 16.9. The standard InChI is InChI=1S/C17H20N4O3/c22-15(20-8-11-4-3-7-18-11)10-21-17(24)13-9-19-14-6-2-1-5-12(14)16(13)23/h1-2,5-6,9,11,18H,3-4,7-8,10H2,(H,19,23)(H,20,22)(H,21,24). The molecule has 0 spiro atoms. The molecule has 3 rings (SSSR count). The number of nitrogens with one attached hydrogen (secondary N) is 4. The zero-order valence-electron chi connectivity index (χ0n) is 13.2. The average molecular weight is 328 g/mol. The molecule has 2 amide bonds. The molecule has 0 aliphatic carbocycles. The smallest absolute Gasteiger partial charge is 0.257 e. The average Bonchev–Trinajstić information content (AvgIpc) is 3.12. The van der Waals surface area contributed by atoms with Gasteiger partial charge >= 0.3 is 0 Å². The van der Waals surface area contributed by atoms with Crippen molar-refractivity contribution >= 4 is 22.7 Å². The van der Waals surface area contributed by atoms with E-state index in [1.54, 1.807) is 18.2 Å². The Balaban J connectivity index is 1.57. The summed E-state index contributed by atoms with van der Waals surface area (Å²) >= 11 is 0. The van der Waals surface area contributed by atoms with Crippen molar-refractivity contribution in [3.63, 3.8) is 0 Å². The van der Waals surface area contributed by atoms with E-state index in [0.717, 1.165) is 19.4 Å². The molecule has 0 saturated carbocycles. The predicted molar refractivity (Wildman–Crippen MR) is 90.9 cm³/mol. The van der Waals surface area contributed by atoms with Crippen LogP contribution in [-0.4, -0.2) is 42.5 Å². The van der Waals surface area contributed by atoms with E-state index in [4.69, 9.17) is 0 Å². The van der Waals surface area contributed by atoms with E-state index in [-0.39, 0.29) is 23.4 Å². The van der Waals surface area contributed by atoms with Crippen molar-refractivity contribution < 1.29 is 9.59 Å². The molecular weight excluding hydrogens is 308 g/mol. The molecule has 24 heavy (non-hydrogen) atoms. The molecule has 2 heterocycles. The van der Waals surface area contributed by atoms with E-state index in [9.17, 15) is 14.4 Å². The molecule has 0 bridgehead atoms. The molecule has 1 fully saturated rings. The number of aromatic amines is 1. The number of carbonyl (C=O) groups excluding carboxylic acids is 2. The predicted octanol–water partition coefficient (Wildman–Crippen LogP) is 0.126. The molecule has 1 aromatic heterocycles. The summed E-state index contributed by atoms with van der Waals surface area (Å²) < 4.78 is 0. The molecular formula is C17H20N4O3. The lowest BCUT2D eigenvalue weighted by Gasteiger charge is -2.11. The summed E-state index contributed by atoms with van der Waals surface area (Å²) in [7, 11) is 0. The van der Waals surface area contributed by atoms with E-state index < -0.39 is 5.91 Å². The van der Waals surface area contributed by atoms with E-state index >= 15 is 0 Å². The molecule has 1 aromatic carbocycles. The van der Waals surface area contributed by atoms with Crippen LogP contribution in [-0.2, 0) is 4.79 Å². The molecule has 1 aliphatic rings. The topological polar surface area (TPSA) is 103 Å². The number of aromatic nitrogens is 1. The number of hydrogen-bond acceptors (Lipinski definition) is 4. The van der Waals surface area contributed by atoms with E-state index in [1.165, 1.54) is 6.20 Å². The first-order valence-corrected chi connectivity index (χ1v) is 8.04. The molecule has 1 unspecified atom stereocenters. The third kappa shape index (κ3) is 3.62. The van der Waals surface area contributed by atoms with Gasteiger partial charge in [-0.15, -0.1) is 0 Å². The molecule has 2 aromatic rings. The monoisotopic (exact) mass is 328 g/mol. The number of carbonyl (C=O) groups is 2. The van der Waals surface area contributed by atoms with Crippen LogP contribution in [0.4, 0.5) is 0 Å². The number of fused-ring (bicyclic) bond motifs is 1. The molecule has 7 nitrogen and oxygen atoms in total. The van der Waals surface area contributed by atoms with E-state index in [1.807, 2.05) is 6.07 Å². The van der Waals surface area contributed by atoms with Crippen LogP contribution in [0.1, 0.15) is 23.2 Å². The van der Waals surface area contributed by atoms with Crippen molar-refractivity contribution in [1.29, 1.82) is 0 Å². The highest BCUT2D eigenvalue weighted by Gasteiger charge is 2.16. The van der Waals surface area contributed by atoms with Gasteiger partial charge in [0, 0.05) is 29.7 Å². The van der Waals surface area contributed by atoms with Gasteiger partial charge in [-0.25, -0.2) is 0 Å². The minimum atomic E-state index is -0.559. The van der Waals surface area contributed by atoms with Gasteiger partial charge < -0.3 is 20.9 Å². The largest absolute Gasteiger partial charge is 0.360 e. The lowest BCUT2D eigenvalue weighted by molar-refractivity contribution is -0.120. The number of amides is 2. The van der Waals surface area contributed by atoms with Crippen molar-refractivity contribution in [2.45, 2.75) is 18.9 Å². The first-order valence-electron chi connectivity index (χ1n) is 8.04. The van der Waals surface area contributed by atoms with Crippen molar-refractivity contribution in [2.75, 3.05) is 19.6 Å². The first kappa shape index (κ1) is 16.2. The van der Waals surface area contributed by atoms with Gasteiger partial charge in [-0.3, -0.25) is 14.4 Å². The maximum Gasteiger partial charge on any atom is 0.257 e. The van der Waals surface area contributed by atoms with Crippen molar-refractivity contribution in [3.8, 4) is 0 Å². The maximum absolute atomic E-state index is 12.3. The molecule has 4 N–H and O–H groups in total. The summed E-state index contributed by atoms with van der Waals surface area (Å²) in [5, 5.41) is 8.99. The minimum Gasteiger partial charge on any atom is -0.360 e. The Morgan fingerprint density at radius 3 is 2.83 bits per heavy atom. The van der Waals surface area contributed by atoms with E-state index in [2.05, 4.69) is 20.9 Å². The summed E-state index contributed by atoms with van der Waals surface area (Å²) in [6.07, 6.45) is 3.53. The van der Waals surface area contributed by atoms with Crippen molar-refractivity contribution in [3.05, 3.63) is 46.2 Å². The highest BCUT2D eigenvalue weighted by molar-refractivity contribution is 5.98. The Morgan fingerprint density at radius 2 is 2.04 bits per heavy atom. The van der Waals surface area contributed by atoms with Crippen LogP contribution in [0.25, 0.3) is 10.9 Å². The van der Waals surface area contributed by atoms with Crippen LogP contribution in [0, 0.1) is 0 Å². The third-order valence-corrected chi connectivity index (χ3v) is 4.15. The van der Waals surface area contributed by atoms with Crippen LogP contribution in [0.15, 0.2) is 35.3 Å². The number of para-hydroxylation sites is 1. The number of rotatable bonds is 5. The van der Waals surface area contributed by atoms with Gasteiger partial charge in [0.15, 0.2) is 0 Å². The molecule has 126 valence electrons. The fourth-order valence-electron chi connectivity index (χ4n) is 2.82. The molecule has 0 radical (unpaired) electrons. The fourth-order valence-corrected chi connectivity index (χ4v) is 2.82. The van der Waals surface area contributed by atoms with Gasteiger partial charge in [0.2, 0.25) is 11.3 Å². The highest BCUT2D eigenvalue weighted by atomic mass is 16.2. The number of hydrogen-bond donors (Lipinski definition) is 4. The van der Waals surface area contributed by atoms with E-state index in [0.29, 0.717) is 23.5 Å². The van der Waals surface area contributed by atoms with Gasteiger partial charge in [-0.05, 0) is 31.5 Å². The number of pyridine rings is 1. The minimum absolute atomic E-state index is 0.000963. The summed E-state index contributed by atoms with van der Waals surface area (Å²) in [5.41, 5.74) is 0.317. The van der Waals surface area contributed by atoms with Gasteiger partial charge in [0.1, 0.15) is 5.56 Å². The zero-order chi connectivity index (χ0) is 16.9. The Morgan fingerprint density at radius 1 is 1.21 bits per heavy atom. The maximum atomic E-state index is 12.3. The lowest BCUT2D eigenvalue weighted by Crippen LogP contribution is -2.42. The summed E-state index contributed by atoms with van der Waals surface area (Å²) in [5.74, 6) is -0.828. The Labute approximate surface area is 138 Å². The van der Waals surface area contributed by atoms with Gasteiger partial charge in [-0.2, -0.15) is 0 Å². The van der Waals surface area contributed by atoms with Crippen LogP contribution in [0.3, 0.4) is 0 Å². The fraction of sp³-hybridized carbons (Fsp3) is 0.353. The zero-order valence-corrected chi connectivity index (χ0v) is 13.2. The van der Waals surface area contributed by atoms with Gasteiger partial charge in [-0.1, -0.05) is 12.1 Å². The SMILES string of the molecule is O=C(CNC(=O)c1c[nH]c2ccccc2c1=O)NCC1CCCN1. The van der Waals surface area contributed by atoms with Gasteiger partial charge in [0.05, 0.1) is 6.54 Å². The second kappa shape index (κ2) is 7.27. The van der Waals surface area contributed by atoms with Crippen molar-refractivity contribution in [1.82, 2.24) is 20.9 Å². The second-order valence-electron chi connectivity index (χ2n) is 5.86. The van der Waals surface area contributed by atoms with Crippen LogP contribution in [0.5, 0.6) is 0 Å². The number of benzene rings is 1. The summed E-state index contributed by atoms with van der Waals surface area (Å²) in [4.78, 5) is 39.2. The highest BCUT2D eigenvalue weighted by Crippen LogP contribution is 2.07. The molecule has 7 heteroatoms. The first-order chi connectivity index (χ1) is 11.6. The van der Waals surface area contributed by atoms with Crippen molar-refractivity contribution in [2.24, 2.45) is 0 Å². The Hall–Kier alpha value is -2.67. The molecule has 1 atom stereocenters. The molecule has 1 aliphatic heterocycles. The second-order valence-corrected chi connectivity index (χ2v) is 5.86. The lowest BCUT2D eigenvalue weighted by atomic mass is 10.1. The Bertz CT molecular complexity index is 809. The third-order valence-electron chi connectivity index (χ3n) is 4.15. The van der Waals surface area contributed by atoms with Crippen LogP contribution < -0.4 is 21.4 Å². The van der Waals surface area contributed by atoms with Gasteiger partial charge in [0.25, 0.3) is 5.91 Å². The molecule has 1 saturated heterocycles. The number of H-pyrrole nitrogens is 1. The van der Waals surface area contributed by atoms with Crippen LogP contribution >= 0.6 is 0 Å². The quantitative estimate of drug-likeness (QED) is 0.626. The Kier molecular flexibility index (Phi) is 4.90. The summed E-state index contributed by atoms with van der Waals surface area (Å²) in [6.45, 7) is 1.37. The summed E-state index contributed by atoms with van der Waals surface area (Å²) in [6, 6.07) is 7.27.